The summed E-state index contributed by atoms with van der Waals surface area (Å²) in [6.45, 7) is 15.2. The maximum absolute atomic E-state index is 12.4. The summed E-state index contributed by atoms with van der Waals surface area (Å²) in [5.74, 6) is 1.53. The number of carbonyl (C=O) groups excluding carboxylic acids is 1. The predicted octanol–water partition coefficient (Wildman–Crippen LogP) is 2.59. The quantitative estimate of drug-likeness (QED) is 0.717. The van der Waals surface area contributed by atoms with E-state index in [0.29, 0.717) is 19.0 Å². The Morgan fingerprint density at radius 2 is 1.83 bits per heavy atom. The molecule has 0 radical (unpaired) electrons. The van der Waals surface area contributed by atoms with E-state index in [1.807, 2.05) is 6.92 Å². The van der Waals surface area contributed by atoms with Crippen molar-refractivity contribution < 1.29 is 9.32 Å². The minimum atomic E-state index is 0.100. The van der Waals surface area contributed by atoms with Gasteiger partial charge in [0, 0.05) is 39.1 Å². The number of benzene rings is 1. The van der Waals surface area contributed by atoms with E-state index in [2.05, 4.69) is 65.1 Å². The SMILES string of the molecule is CCc1noc(C(C)N2CCN(CC(=O)NCCc3c(C)cc(C)cc3C)CC2)n1. The van der Waals surface area contributed by atoms with Gasteiger partial charge in [-0.15, -0.1) is 0 Å². The Balaban J connectivity index is 1.40. The zero-order chi connectivity index (χ0) is 21.7. The molecule has 1 unspecified atom stereocenters. The van der Waals surface area contributed by atoms with Gasteiger partial charge in [0.15, 0.2) is 5.82 Å². The third kappa shape index (κ3) is 5.67. The lowest BCUT2D eigenvalue weighted by Crippen LogP contribution is -2.50. The molecule has 1 fully saturated rings. The molecule has 3 rings (SSSR count). The number of nitrogens with one attached hydrogen (secondary N) is 1. The van der Waals surface area contributed by atoms with E-state index in [4.69, 9.17) is 4.52 Å². The van der Waals surface area contributed by atoms with Crippen LogP contribution in [0.1, 0.15) is 53.9 Å². The Bertz CT molecular complexity index is 832. The smallest absolute Gasteiger partial charge is 0.243 e. The van der Waals surface area contributed by atoms with Crippen LogP contribution in [-0.2, 0) is 17.6 Å². The summed E-state index contributed by atoms with van der Waals surface area (Å²) in [4.78, 5) is 21.4. The van der Waals surface area contributed by atoms with Crippen LogP contribution >= 0.6 is 0 Å². The second-order valence-corrected chi connectivity index (χ2v) is 8.37. The fourth-order valence-corrected chi connectivity index (χ4v) is 4.24. The van der Waals surface area contributed by atoms with Gasteiger partial charge >= 0.3 is 0 Å². The first-order valence-corrected chi connectivity index (χ1v) is 11.0. The lowest BCUT2D eigenvalue weighted by atomic mass is 9.97. The highest BCUT2D eigenvalue weighted by Gasteiger charge is 2.26. The predicted molar refractivity (Wildman–Crippen MR) is 117 cm³/mol. The summed E-state index contributed by atoms with van der Waals surface area (Å²) >= 11 is 0. The maximum atomic E-state index is 12.4. The van der Waals surface area contributed by atoms with E-state index in [-0.39, 0.29) is 11.9 Å². The Labute approximate surface area is 179 Å². The van der Waals surface area contributed by atoms with Crippen molar-refractivity contribution in [3.05, 3.63) is 46.1 Å². The van der Waals surface area contributed by atoms with Crippen molar-refractivity contribution >= 4 is 5.91 Å². The minimum absolute atomic E-state index is 0.100. The van der Waals surface area contributed by atoms with Crippen LogP contribution in [0.3, 0.4) is 0 Å². The van der Waals surface area contributed by atoms with Crippen LogP contribution in [0.25, 0.3) is 0 Å². The summed E-state index contributed by atoms with van der Waals surface area (Å²) in [6, 6.07) is 4.53. The van der Waals surface area contributed by atoms with Crippen molar-refractivity contribution in [1.82, 2.24) is 25.3 Å². The number of aromatic nitrogens is 2. The van der Waals surface area contributed by atoms with E-state index < -0.39 is 0 Å². The standard InChI is InChI=1S/C23H35N5O2/c1-6-21-25-23(30-26-21)19(5)28-11-9-27(10-12-28)15-22(29)24-8-7-20-17(3)13-16(2)14-18(20)4/h13-14,19H,6-12,15H2,1-5H3,(H,24,29). The lowest BCUT2D eigenvalue weighted by Gasteiger charge is -2.36. The molecular weight excluding hydrogens is 378 g/mol. The molecule has 7 nitrogen and oxygen atoms in total. The third-order valence-corrected chi connectivity index (χ3v) is 6.02. The summed E-state index contributed by atoms with van der Waals surface area (Å²) in [5, 5.41) is 7.08. The maximum Gasteiger partial charge on any atom is 0.243 e. The average Bonchev–Trinajstić information content (AvgIpc) is 3.19. The van der Waals surface area contributed by atoms with Crippen LogP contribution in [0.2, 0.25) is 0 Å². The molecule has 0 spiro atoms. The second kappa shape index (κ2) is 10.2. The van der Waals surface area contributed by atoms with E-state index in [0.717, 1.165) is 44.8 Å². The monoisotopic (exact) mass is 413 g/mol. The number of aryl methyl sites for hydroxylation is 4. The van der Waals surface area contributed by atoms with Gasteiger partial charge in [-0.2, -0.15) is 4.98 Å². The topological polar surface area (TPSA) is 74.5 Å². The van der Waals surface area contributed by atoms with Gasteiger partial charge in [-0.1, -0.05) is 29.8 Å². The molecule has 1 atom stereocenters. The minimum Gasteiger partial charge on any atom is -0.355 e. The first-order chi connectivity index (χ1) is 14.4. The normalized spacial score (nSPS) is 16.6. The van der Waals surface area contributed by atoms with Crippen LogP contribution < -0.4 is 5.32 Å². The molecule has 1 N–H and O–H groups in total. The van der Waals surface area contributed by atoms with Crippen molar-refractivity contribution in [1.29, 1.82) is 0 Å². The van der Waals surface area contributed by atoms with Crippen molar-refractivity contribution in [2.24, 2.45) is 0 Å². The molecule has 164 valence electrons. The number of amides is 1. The molecule has 2 heterocycles. The van der Waals surface area contributed by atoms with Crippen molar-refractivity contribution in [2.45, 2.75) is 53.5 Å². The number of hydrogen-bond donors (Lipinski definition) is 1. The highest BCUT2D eigenvalue weighted by molar-refractivity contribution is 5.78. The van der Waals surface area contributed by atoms with Gasteiger partial charge in [-0.05, 0) is 50.8 Å². The number of carbonyl (C=O) groups is 1. The van der Waals surface area contributed by atoms with E-state index in [9.17, 15) is 4.79 Å². The van der Waals surface area contributed by atoms with Gasteiger partial charge < -0.3 is 9.84 Å². The molecule has 0 aliphatic carbocycles. The molecule has 1 aromatic heterocycles. The first kappa shape index (κ1) is 22.4. The molecule has 1 amide bonds. The summed E-state index contributed by atoms with van der Waals surface area (Å²) < 4.78 is 5.39. The Morgan fingerprint density at radius 3 is 2.43 bits per heavy atom. The van der Waals surface area contributed by atoms with Crippen LogP contribution in [-0.4, -0.2) is 65.1 Å². The highest BCUT2D eigenvalue weighted by atomic mass is 16.5. The Morgan fingerprint density at radius 1 is 1.17 bits per heavy atom. The lowest BCUT2D eigenvalue weighted by molar-refractivity contribution is -0.122. The number of hydrogen-bond acceptors (Lipinski definition) is 6. The van der Waals surface area contributed by atoms with Crippen molar-refractivity contribution in [3.8, 4) is 0 Å². The number of nitrogens with zero attached hydrogens (tertiary/aromatic N) is 4. The number of rotatable bonds is 8. The zero-order valence-electron chi connectivity index (χ0n) is 19.0. The summed E-state index contributed by atoms with van der Waals surface area (Å²) in [7, 11) is 0. The molecule has 7 heteroatoms. The van der Waals surface area contributed by atoms with E-state index in [1.54, 1.807) is 0 Å². The highest BCUT2D eigenvalue weighted by Crippen LogP contribution is 2.20. The molecular formula is C23H35N5O2. The molecule has 0 saturated carbocycles. The van der Waals surface area contributed by atoms with Gasteiger partial charge in [0.1, 0.15) is 0 Å². The fraction of sp³-hybridized carbons (Fsp3) is 0.609. The molecule has 2 aromatic rings. The number of piperazine rings is 1. The van der Waals surface area contributed by atoms with Crippen LogP contribution in [0, 0.1) is 20.8 Å². The zero-order valence-corrected chi connectivity index (χ0v) is 19.0. The van der Waals surface area contributed by atoms with E-state index >= 15 is 0 Å². The first-order valence-electron chi connectivity index (χ1n) is 11.0. The molecule has 1 aromatic carbocycles. The Hall–Kier alpha value is -2.25. The third-order valence-electron chi connectivity index (χ3n) is 6.02. The van der Waals surface area contributed by atoms with Crippen LogP contribution in [0.4, 0.5) is 0 Å². The summed E-state index contributed by atoms with van der Waals surface area (Å²) in [5.41, 5.74) is 5.24. The van der Waals surface area contributed by atoms with Gasteiger partial charge in [-0.25, -0.2) is 0 Å². The van der Waals surface area contributed by atoms with Gasteiger partial charge in [0.2, 0.25) is 11.8 Å². The molecule has 1 aliphatic heterocycles. The molecule has 1 aliphatic rings. The van der Waals surface area contributed by atoms with Crippen molar-refractivity contribution in [3.63, 3.8) is 0 Å². The average molecular weight is 414 g/mol. The van der Waals surface area contributed by atoms with Gasteiger partial charge in [0.05, 0.1) is 12.6 Å². The fourth-order valence-electron chi connectivity index (χ4n) is 4.24. The largest absolute Gasteiger partial charge is 0.355 e. The van der Waals surface area contributed by atoms with Gasteiger partial charge in [0.25, 0.3) is 0 Å². The van der Waals surface area contributed by atoms with Crippen LogP contribution in [0.5, 0.6) is 0 Å². The van der Waals surface area contributed by atoms with E-state index in [1.165, 1.54) is 22.3 Å². The van der Waals surface area contributed by atoms with Crippen LogP contribution in [0.15, 0.2) is 16.7 Å². The Kier molecular flexibility index (Phi) is 7.61. The van der Waals surface area contributed by atoms with Crippen molar-refractivity contribution in [2.75, 3.05) is 39.3 Å². The molecule has 0 bridgehead atoms. The second-order valence-electron chi connectivity index (χ2n) is 8.37. The van der Waals surface area contributed by atoms with Gasteiger partial charge in [-0.3, -0.25) is 14.6 Å². The molecule has 30 heavy (non-hydrogen) atoms. The molecule has 1 saturated heterocycles. The summed E-state index contributed by atoms with van der Waals surface area (Å²) in [6.07, 6.45) is 1.65.